The summed E-state index contributed by atoms with van der Waals surface area (Å²) < 4.78 is 38.6. The molecule has 0 spiro atoms. The van der Waals surface area contributed by atoms with E-state index in [9.17, 15) is 13.2 Å². The van der Waals surface area contributed by atoms with E-state index in [1.165, 1.54) is 29.7 Å². The Hall–Kier alpha value is -1.40. The third-order valence-corrected chi connectivity index (χ3v) is 3.67. The van der Waals surface area contributed by atoms with Gasteiger partial charge in [0.1, 0.15) is 5.01 Å². The third kappa shape index (κ3) is 2.54. The molecule has 1 heterocycles. The van der Waals surface area contributed by atoms with Crippen LogP contribution in [-0.2, 0) is 6.18 Å². The fraction of sp³-hybridized carbons (Fsp3) is 0.250. The van der Waals surface area contributed by atoms with Gasteiger partial charge in [0, 0.05) is 22.7 Å². The van der Waals surface area contributed by atoms with Crippen molar-refractivity contribution in [3.8, 4) is 10.6 Å². The average Bonchev–Trinajstić information content (AvgIpc) is 2.77. The first-order valence-corrected chi connectivity index (χ1v) is 6.09. The van der Waals surface area contributed by atoms with Gasteiger partial charge in [-0.25, -0.2) is 4.98 Å². The van der Waals surface area contributed by atoms with Crippen LogP contribution in [0.5, 0.6) is 0 Å². The third-order valence-electron chi connectivity index (χ3n) is 2.44. The van der Waals surface area contributed by atoms with Crippen molar-refractivity contribution in [1.29, 1.82) is 0 Å². The SMILES string of the molecule is CC(N)c1cnc(-c2ccccc2C(F)(F)F)s1. The second-order valence-corrected chi connectivity index (χ2v) is 4.96. The summed E-state index contributed by atoms with van der Waals surface area (Å²) in [6.07, 6.45) is -2.85. The molecule has 0 aliphatic rings. The second kappa shape index (κ2) is 4.70. The smallest absolute Gasteiger partial charge is 0.323 e. The molecule has 0 saturated carbocycles. The molecule has 6 heteroatoms. The minimum Gasteiger partial charge on any atom is -0.323 e. The van der Waals surface area contributed by atoms with E-state index < -0.39 is 11.7 Å². The highest BCUT2D eigenvalue weighted by Crippen LogP contribution is 2.38. The Bertz CT molecular complexity index is 546. The molecule has 0 radical (unpaired) electrons. The molecule has 0 aliphatic heterocycles. The highest BCUT2D eigenvalue weighted by molar-refractivity contribution is 7.15. The van der Waals surface area contributed by atoms with Crippen LogP contribution in [0.1, 0.15) is 23.4 Å². The standard InChI is InChI=1S/C12H11F3N2S/c1-7(16)10-6-17-11(18-10)8-4-2-3-5-9(8)12(13,14)15/h2-7H,16H2,1H3. The Kier molecular flexibility index (Phi) is 3.41. The molecule has 0 amide bonds. The molecule has 0 saturated heterocycles. The summed E-state index contributed by atoms with van der Waals surface area (Å²) in [6.45, 7) is 1.77. The van der Waals surface area contributed by atoms with E-state index in [1.54, 1.807) is 13.0 Å². The molecule has 2 aromatic rings. The lowest BCUT2D eigenvalue weighted by molar-refractivity contribution is -0.137. The summed E-state index contributed by atoms with van der Waals surface area (Å²) >= 11 is 1.19. The van der Waals surface area contributed by atoms with Crippen molar-refractivity contribution in [2.75, 3.05) is 0 Å². The van der Waals surface area contributed by atoms with Crippen LogP contribution in [0.4, 0.5) is 13.2 Å². The molecular weight excluding hydrogens is 261 g/mol. The predicted molar refractivity (Wildman–Crippen MR) is 65.2 cm³/mol. The average molecular weight is 272 g/mol. The molecule has 96 valence electrons. The number of rotatable bonds is 2. The highest BCUT2D eigenvalue weighted by Gasteiger charge is 2.34. The number of aromatic nitrogens is 1. The van der Waals surface area contributed by atoms with Gasteiger partial charge < -0.3 is 5.73 Å². The first kappa shape index (κ1) is 13.0. The van der Waals surface area contributed by atoms with Gasteiger partial charge in [0.15, 0.2) is 0 Å². The molecule has 0 bridgehead atoms. The van der Waals surface area contributed by atoms with Gasteiger partial charge in [0.2, 0.25) is 0 Å². The maximum Gasteiger partial charge on any atom is 0.417 e. The number of nitrogens with zero attached hydrogens (tertiary/aromatic N) is 1. The highest BCUT2D eigenvalue weighted by atomic mass is 32.1. The van der Waals surface area contributed by atoms with Gasteiger partial charge >= 0.3 is 6.18 Å². The zero-order valence-electron chi connectivity index (χ0n) is 9.53. The van der Waals surface area contributed by atoms with Crippen molar-refractivity contribution in [2.45, 2.75) is 19.1 Å². The van der Waals surface area contributed by atoms with Gasteiger partial charge in [-0.15, -0.1) is 11.3 Å². The molecule has 1 aromatic carbocycles. The van der Waals surface area contributed by atoms with Crippen LogP contribution >= 0.6 is 11.3 Å². The molecule has 1 unspecified atom stereocenters. The van der Waals surface area contributed by atoms with E-state index in [0.29, 0.717) is 5.01 Å². The Morgan fingerprint density at radius 2 is 1.94 bits per heavy atom. The van der Waals surface area contributed by atoms with Gasteiger partial charge in [-0.2, -0.15) is 13.2 Å². The number of alkyl halides is 3. The summed E-state index contributed by atoms with van der Waals surface area (Å²) in [6, 6.07) is 5.19. The van der Waals surface area contributed by atoms with Gasteiger partial charge in [0.25, 0.3) is 0 Å². The monoisotopic (exact) mass is 272 g/mol. The number of thiazole rings is 1. The van der Waals surface area contributed by atoms with Gasteiger partial charge in [0.05, 0.1) is 5.56 Å². The fourth-order valence-corrected chi connectivity index (χ4v) is 2.45. The van der Waals surface area contributed by atoms with Crippen molar-refractivity contribution in [3.05, 3.63) is 40.9 Å². The van der Waals surface area contributed by atoms with Crippen LogP contribution < -0.4 is 5.73 Å². The topological polar surface area (TPSA) is 38.9 Å². The van der Waals surface area contributed by atoms with Gasteiger partial charge in [-0.05, 0) is 13.0 Å². The number of halogens is 3. The maximum atomic E-state index is 12.9. The summed E-state index contributed by atoms with van der Waals surface area (Å²) in [5.74, 6) is 0. The first-order valence-electron chi connectivity index (χ1n) is 5.27. The Labute approximate surface area is 106 Å². The van der Waals surface area contributed by atoms with Crippen molar-refractivity contribution in [1.82, 2.24) is 4.98 Å². The van der Waals surface area contributed by atoms with Crippen LogP contribution in [0.2, 0.25) is 0 Å². The minimum atomic E-state index is -4.38. The zero-order chi connectivity index (χ0) is 13.3. The first-order chi connectivity index (χ1) is 8.39. The largest absolute Gasteiger partial charge is 0.417 e. The van der Waals surface area contributed by atoms with E-state index in [2.05, 4.69) is 4.98 Å². The Morgan fingerprint density at radius 1 is 1.28 bits per heavy atom. The number of hydrogen-bond donors (Lipinski definition) is 1. The molecule has 1 aromatic heterocycles. The molecule has 0 aliphatic carbocycles. The molecule has 2 nitrogen and oxygen atoms in total. The quantitative estimate of drug-likeness (QED) is 0.901. The minimum absolute atomic E-state index is 0.0990. The van der Waals surface area contributed by atoms with Crippen LogP contribution in [0, 0.1) is 0 Å². The molecule has 18 heavy (non-hydrogen) atoms. The van der Waals surface area contributed by atoms with Crippen LogP contribution in [0.25, 0.3) is 10.6 Å². The molecule has 1 atom stereocenters. The van der Waals surface area contributed by atoms with Crippen LogP contribution in [-0.4, -0.2) is 4.98 Å². The summed E-state index contributed by atoms with van der Waals surface area (Å²) in [5.41, 5.74) is 5.11. The van der Waals surface area contributed by atoms with E-state index >= 15 is 0 Å². The van der Waals surface area contributed by atoms with E-state index in [4.69, 9.17) is 5.73 Å². The maximum absolute atomic E-state index is 12.9. The zero-order valence-corrected chi connectivity index (χ0v) is 10.3. The number of nitrogens with two attached hydrogens (primary N) is 1. The van der Waals surface area contributed by atoms with Crippen molar-refractivity contribution in [3.63, 3.8) is 0 Å². The lowest BCUT2D eigenvalue weighted by atomic mass is 10.1. The van der Waals surface area contributed by atoms with Gasteiger partial charge in [-0.1, -0.05) is 18.2 Å². The van der Waals surface area contributed by atoms with Gasteiger partial charge in [-0.3, -0.25) is 0 Å². The van der Waals surface area contributed by atoms with E-state index in [0.717, 1.165) is 10.9 Å². The van der Waals surface area contributed by atoms with Crippen LogP contribution in [0.3, 0.4) is 0 Å². The predicted octanol–water partition coefficient (Wildman–Crippen LogP) is 3.85. The van der Waals surface area contributed by atoms with Crippen molar-refractivity contribution >= 4 is 11.3 Å². The summed E-state index contributed by atoms with van der Waals surface area (Å²) in [7, 11) is 0. The Balaban J connectivity index is 2.50. The lowest BCUT2D eigenvalue weighted by Gasteiger charge is -2.10. The number of hydrogen-bond acceptors (Lipinski definition) is 3. The summed E-state index contributed by atoms with van der Waals surface area (Å²) in [4.78, 5) is 4.79. The molecule has 2 N–H and O–H groups in total. The molecular formula is C12H11F3N2S. The normalized spacial score (nSPS) is 13.6. The van der Waals surface area contributed by atoms with Crippen molar-refractivity contribution < 1.29 is 13.2 Å². The van der Waals surface area contributed by atoms with E-state index in [1.807, 2.05) is 0 Å². The van der Waals surface area contributed by atoms with Crippen molar-refractivity contribution in [2.24, 2.45) is 5.73 Å². The lowest BCUT2D eigenvalue weighted by Crippen LogP contribution is -2.06. The summed E-state index contributed by atoms with van der Waals surface area (Å²) in [5, 5.41) is 0.343. The fourth-order valence-electron chi connectivity index (χ4n) is 1.54. The number of benzene rings is 1. The van der Waals surface area contributed by atoms with Crippen LogP contribution in [0.15, 0.2) is 30.5 Å². The van der Waals surface area contributed by atoms with E-state index in [-0.39, 0.29) is 11.6 Å². The molecule has 0 fully saturated rings. The molecule has 2 rings (SSSR count). The second-order valence-electron chi connectivity index (χ2n) is 3.90. The Morgan fingerprint density at radius 3 is 2.50 bits per heavy atom.